The molecule has 2 atom stereocenters. The first-order valence-corrected chi connectivity index (χ1v) is 9.32. The van der Waals surface area contributed by atoms with Crippen LogP contribution in [0.3, 0.4) is 0 Å². The van der Waals surface area contributed by atoms with Crippen molar-refractivity contribution in [2.24, 2.45) is 5.92 Å². The van der Waals surface area contributed by atoms with Gasteiger partial charge in [-0.15, -0.1) is 0 Å². The molecule has 1 aromatic heterocycles. The summed E-state index contributed by atoms with van der Waals surface area (Å²) in [5.41, 5.74) is 0.952. The summed E-state index contributed by atoms with van der Waals surface area (Å²) in [7, 11) is 0. The molecule has 0 radical (unpaired) electrons. The van der Waals surface area contributed by atoms with Crippen molar-refractivity contribution in [3.05, 3.63) is 46.6 Å². The summed E-state index contributed by atoms with van der Waals surface area (Å²) in [6.45, 7) is 4.53. The molecule has 1 aromatic carbocycles. The Morgan fingerprint density at radius 1 is 1.21 bits per heavy atom. The standard InChI is InChI=1S/C19H21BrN2O2/c1-12-18(13-8-10-22(12)11-9-13)21-19(23)17-7-6-16(24-17)14-4-2-3-5-15(14)20/h2-7,12-13,18H,8-11H2,1H3,(H,21,23)/t12-,18-/m0/s1. The number of hydrogen-bond acceptors (Lipinski definition) is 3. The number of halogens is 1. The number of hydrogen-bond donors (Lipinski definition) is 1. The van der Waals surface area contributed by atoms with Gasteiger partial charge in [0.25, 0.3) is 5.91 Å². The van der Waals surface area contributed by atoms with E-state index in [1.165, 1.54) is 12.8 Å². The zero-order chi connectivity index (χ0) is 16.7. The maximum absolute atomic E-state index is 12.6. The minimum Gasteiger partial charge on any atom is -0.451 e. The Balaban J connectivity index is 1.51. The number of nitrogens with one attached hydrogen (secondary N) is 1. The van der Waals surface area contributed by atoms with Gasteiger partial charge < -0.3 is 9.73 Å². The van der Waals surface area contributed by atoms with Gasteiger partial charge in [-0.25, -0.2) is 0 Å². The summed E-state index contributed by atoms with van der Waals surface area (Å²) >= 11 is 3.52. The second kappa shape index (κ2) is 6.37. The number of furan rings is 1. The number of fused-ring (bicyclic) bond motifs is 3. The Hall–Kier alpha value is -1.59. The number of rotatable bonds is 3. The van der Waals surface area contributed by atoms with Crippen LogP contribution in [0.25, 0.3) is 11.3 Å². The first-order chi connectivity index (χ1) is 11.6. The molecule has 0 spiro atoms. The fourth-order valence-electron chi connectivity index (χ4n) is 4.03. The normalized spacial score (nSPS) is 28.8. The maximum atomic E-state index is 12.6. The van der Waals surface area contributed by atoms with Crippen LogP contribution in [0.5, 0.6) is 0 Å². The lowest BCUT2D eigenvalue weighted by Crippen LogP contribution is -2.62. The van der Waals surface area contributed by atoms with Gasteiger partial charge in [-0.2, -0.15) is 0 Å². The molecule has 1 amide bonds. The van der Waals surface area contributed by atoms with Crippen LogP contribution in [0.2, 0.25) is 0 Å². The van der Waals surface area contributed by atoms with Crippen LogP contribution in [-0.4, -0.2) is 36.0 Å². The molecule has 3 saturated heterocycles. The van der Waals surface area contributed by atoms with E-state index in [-0.39, 0.29) is 11.9 Å². The lowest BCUT2D eigenvalue weighted by molar-refractivity contribution is 0.0211. The van der Waals surface area contributed by atoms with Crippen molar-refractivity contribution in [3.63, 3.8) is 0 Å². The van der Waals surface area contributed by atoms with Gasteiger partial charge in [0, 0.05) is 22.1 Å². The molecule has 3 aliphatic heterocycles. The Morgan fingerprint density at radius 2 is 1.96 bits per heavy atom. The highest BCUT2D eigenvalue weighted by molar-refractivity contribution is 9.10. The van der Waals surface area contributed by atoms with Crippen LogP contribution in [0.15, 0.2) is 45.3 Å². The molecule has 0 unspecified atom stereocenters. The molecule has 0 aliphatic carbocycles. The summed E-state index contributed by atoms with van der Waals surface area (Å²) in [5, 5.41) is 3.21. The van der Waals surface area contributed by atoms with Gasteiger partial charge >= 0.3 is 0 Å². The van der Waals surface area contributed by atoms with E-state index in [1.807, 2.05) is 30.3 Å². The van der Waals surface area contributed by atoms with Gasteiger partial charge in [-0.3, -0.25) is 9.69 Å². The first kappa shape index (κ1) is 15.9. The number of nitrogens with zero attached hydrogens (tertiary/aromatic N) is 1. The Kier molecular flexibility index (Phi) is 4.22. The fraction of sp³-hybridized carbons (Fsp3) is 0.421. The topological polar surface area (TPSA) is 45.5 Å². The number of carbonyl (C=O) groups excluding carboxylic acids is 1. The van der Waals surface area contributed by atoms with Crippen molar-refractivity contribution in [2.45, 2.75) is 31.8 Å². The third-order valence-corrected chi connectivity index (χ3v) is 6.14. The van der Waals surface area contributed by atoms with Gasteiger partial charge in [0.1, 0.15) is 5.76 Å². The summed E-state index contributed by atoms with van der Waals surface area (Å²) in [5.74, 6) is 1.56. The van der Waals surface area contributed by atoms with Crippen molar-refractivity contribution < 1.29 is 9.21 Å². The molecule has 1 N–H and O–H groups in total. The zero-order valence-corrected chi connectivity index (χ0v) is 15.3. The van der Waals surface area contributed by atoms with E-state index in [4.69, 9.17) is 4.42 Å². The Morgan fingerprint density at radius 3 is 2.67 bits per heavy atom. The SMILES string of the molecule is C[C@H]1[C@H](NC(=O)c2ccc(-c3ccccc3Br)o2)C2CCN1CC2. The lowest BCUT2D eigenvalue weighted by atomic mass is 9.79. The minimum atomic E-state index is -0.112. The minimum absolute atomic E-state index is 0.112. The average Bonchev–Trinajstić information content (AvgIpc) is 3.09. The molecular weight excluding hydrogens is 368 g/mol. The molecule has 3 aliphatic rings. The van der Waals surface area contributed by atoms with Crippen LogP contribution in [-0.2, 0) is 0 Å². The molecule has 3 fully saturated rings. The number of piperidine rings is 3. The highest BCUT2D eigenvalue weighted by atomic mass is 79.9. The van der Waals surface area contributed by atoms with E-state index in [0.717, 1.165) is 23.1 Å². The lowest BCUT2D eigenvalue weighted by Gasteiger charge is -2.49. The molecule has 126 valence electrons. The third kappa shape index (κ3) is 2.80. The fourth-order valence-corrected chi connectivity index (χ4v) is 4.51. The van der Waals surface area contributed by atoms with Crippen molar-refractivity contribution in [1.29, 1.82) is 0 Å². The van der Waals surface area contributed by atoms with Crippen molar-refractivity contribution >= 4 is 21.8 Å². The van der Waals surface area contributed by atoms with E-state index in [2.05, 4.69) is 33.1 Å². The second-order valence-corrected chi connectivity index (χ2v) is 7.61. The maximum Gasteiger partial charge on any atom is 0.287 e. The van der Waals surface area contributed by atoms with Crippen LogP contribution in [0, 0.1) is 5.92 Å². The van der Waals surface area contributed by atoms with Crippen molar-refractivity contribution in [3.8, 4) is 11.3 Å². The van der Waals surface area contributed by atoms with Gasteiger partial charge in [-0.05, 0) is 57.0 Å². The number of benzene rings is 1. The zero-order valence-electron chi connectivity index (χ0n) is 13.7. The summed E-state index contributed by atoms with van der Waals surface area (Å²) in [6, 6.07) is 12.1. The third-order valence-electron chi connectivity index (χ3n) is 5.44. The molecule has 5 rings (SSSR count). The van der Waals surface area contributed by atoms with Crippen LogP contribution >= 0.6 is 15.9 Å². The van der Waals surface area contributed by atoms with Gasteiger partial charge in [-0.1, -0.05) is 34.1 Å². The number of carbonyl (C=O) groups is 1. The van der Waals surface area contributed by atoms with E-state index < -0.39 is 0 Å². The predicted molar refractivity (Wildman–Crippen MR) is 96.9 cm³/mol. The van der Waals surface area contributed by atoms with Crippen molar-refractivity contribution in [1.82, 2.24) is 10.2 Å². The smallest absolute Gasteiger partial charge is 0.287 e. The first-order valence-electron chi connectivity index (χ1n) is 8.53. The molecule has 2 bridgehead atoms. The van der Waals surface area contributed by atoms with E-state index >= 15 is 0 Å². The van der Waals surface area contributed by atoms with Gasteiger partial charge in [0.2, 0.25) is 0 Å². The van der Waals surface area contributed by atoms with E-state index in [1.54, 1.807) is 6.07 Å². The molecule has 0 saturated carbocycles. The summed E-state index contributed by atoms with van der Waals surface area (Å²) < 4.78 is 6.77. The van der Waals surface area contributed by atoms with Crippen LogP contribution in [0.4, 0.5) is 0 Å². The highest BCUT2D eigenvalue weighted by Crippen LogP contribution is 2.33. The molecule has 2 aromatic rings. The monoisotopic (exact) mass is 388 g/mol. The highest BCUT2D eigenvalue weighted by Gasteiger charge is 2.40. The Labute approximate surface area is 150 Å². The molecular formula is C19H21BrN2O2. The van der Waals surface area contributed by atoms with Gasteiger partial charge in [0.05, 0.1) is 0 Å². The summed E-state index contributed by atoms with van der Waals surface area (Å²) in [6.07, 6.45) is 2.35. The second-order valence-electron chi connectivity index (χ2n) is 6.76. The molecule has 24 heavy (non-hydrogen) atoms. The number of amides is 1. The van der Waals surface area contributed by atoms with E-state index in [0.29, 0.717) is 23.5 Å². The largest absolute Gasteiger partial charge is 0.451 e. The molecule has 4 heterocycles. The van der Waals surface area contributed by atoms with Crippen LogP contribution < -0.4 is 5.32 Å². The van der Waals surface area contributed by atoms with Crippen LogP contribution in [0.1, 0.15) is 30.3 Å². The average molecular weight is 389 g/mol. The quantitative estimate of drug-likeness (QED) is 0.866. The van der Waals surface area contributed by atoms with Crippen molar-refractivity contribution in [2.75, 3.05) is 13.1 Å². The summed E-state index contributed by atoms with van der Waals surface area (Å²) in [4.78, 5) is 15.1. The predicted octanol–water partition coefficient (Wildman–Crippen LogP) is 3.92. The van der Waals surface area contributed by atoms with Gasteiger partial charge in [0.15, 0.2) is 5.76 Å². The van der Waals surface area contributed by atoms with E-state index in [9.17, 15) is 4.79 Å². The Bertz CT molecular complexity index is 747. The molecule has 4 nitrogen and oxygen atoms in total. The molecule has 5 heteroatoms.